The standard InChI is InChI=1S/C7H12N4O2S/c1-3-5(4-6(12)13-2)14-7-8-10-11-9-7/h5H,3-4H2,1-2H3,(H,8,9,10,11). The molecule has 0 spiro atoms. The van der Waals surface area contributed by atoms with Crippen LogP contribution < -0.4 is 0 Å². The van der Waals surface area contributed by atoms with E-state index in [1.54, 1.807) is 0 Å². The fourth-order valence-corrected chi connectivity index (χ4v) is 1.76. The number of hydrogen-bond donors (Lipinski definition) is 1. The summed E-state index contributed by atoms with van der Waals surface area (Å²) >= 11 is 1.42. The summed E-state index contributed by atoms with van der Waals surface area (Å²) in [6, 6.07) is 0. The van der Waals surface area contributed by atoms with Gasteiger partial charge in [-0.05, 0) is 11.6 Å². The Balaban J connectivity index is 2.43. The molecule has 7 heteroatoms. The minimum absolute atomic E-state index is 0.139. The van der Waals surface area contributed by atoms with Crippen molar-refractivity contribution in [1.82, 2.24) is 20.6 Å². The van der Waals surface area contributed by atoms with E-state index < -0.39 is 0 Å². The molecule has 0 saturated heterocycles. The van der Waals surface area contributed by atoms with E-state index in [1.807, 2.05) is 6.92 Å². The lowest BCUT2D eigenvalue weighted by atomic mass is 10.2. The van der Waals surface area contributed by atoms with Crippen LogP contribution in [-0.4, -0.2) is 39.0 Å². The van der Waals surface area contributed by atoms with Gasteiger partial charge in [-0.25, -0.2) is 0 Å². The van der Waals surface area contributed by atoms with Gasteiger partial charge in [0.05, 0.1) is 13.5 Å². The number of ether oxygens (including phenoxy) is 1. The normalized spacial score (nSPS) is 12.4. The molecule has 0 bridgehead atoms. The van der Waals surface area contributed by atoms with E-state index in [2.05, 4.69) is 25.4 Å². The third kappa shape index (κ3) is 3.33. The topological polar surface area (TPSA) is 80.8 Å². The molecule has 1 unspecified atom stereocenters. The van der Waals surface area contributed by atoms with Gasteiger partial charge in [0.1, 0.15) is 0 Å². The van der Waals surface area contributed by atoms with Gasteiger partial charge in [-0.3, -0.25) is 4.79 Å². The van der Waals surface area contributed by atoms with Crippen molar-refractivity contribution in [3.05, 3.63) is 0 Å². The third-order valence-electron chi connectivity index (χ3n) is 1.68. The Hall–Kier alpha value is -1.11. The van der Waals surface area contributed by atoms with Gasteiger partial charge in [0.2, 0.25) is 5.16 Å². The largest absolute Gasteiger partial charge is 0.469 e. The highest BCUT2D eigenvalue weighted by molar-refractivity contribution is 7.99. The third-order valence-corrected chi connectivity index (χ3v) is 2.89. The maximum atomic E-state index is 11.0. The summed E-state index contributed by atoms with van der Waals surface area (Å²) in [6.45, 7) is 2.00. The number of rotatable bonds is 5. The lowest BCUT2D eigenvalue weighted by Crippen LogP contribution is -2.11. The van der Waals surface area contributed by atoms with Crippen LogP contribution in [0.5, 0.6) is 0 Å². The maximum absolute atomic E-state index is 11.0. The smallest absolute Gasteiger partial charge is 0.306 e. The number of nitrogens with one attached hydrogen (secondary N) is 1. The van der Waals surface area contributed by atoms with Gasteiger partial charge in [0.15, 0.2) is 0 Å². The number of aromatic nitrogens is 4. The second kappa shape index (κ2) is 5.58. The van der Waals surface area contributed by atoms with E-state index in [9.17, 15) is 4.79 Å². The fraction of sp³-hybridized carbons (Fsp3) is 0.714. The average Bonchev–Trinajstić information content (AvgIpc) is 2.69. The molecule has 1 atom stereocenters. The lowest BCUT2D eigenvalue weighted by Gasteiger charge is -2.09. The Morgan fingerprint density at radius 1 is 1.71 bits per heavy atom. The number of tetrazole rings is 1. The lowest BCUT2D eigenvalue weighted by molar-refractivity contribution is -0.140. The number of carbonyl (C=O) groups excluding carboxylic acids is 1. The molecule has 1 N–H and O–H groups in total. The molecule has 78 valence electrons. The van der Waals surface area contributed by atoms with Crippen molar-refractivity contribution in [1.29, 1.82) is 0 Å². The quantitative estimate of drug-likeness (QED) is 0.574. The summed E-state index contributed by atoms with van der Waals surface area (Å²) in [5, 5.41) is 14.1. The second-order valence-electron chi connectivity index (χ2n) is 2.62. The van der Waals surface area contributed by atoms with E-state index in [0.717, 1.165) is 6.42 Å². The van der Waals surface area contributed by atoms with Crippen molar-refractivity contribution in [2.24, 2.45) is 0 Å². The van der Waals surface area contributed by atoms with Gasteiger partial charge >= 0.3 is 5.97 Å². The number of H-pyrrole nitrogens is 1. The van der Waals surface area contributed by atoms with Gasteiger partial charge in [-0.1, -0.05) is 18.7 Å². The molecule has 0 fully saturated rings. The van der Waals surface area contributed by atoms with Gasteiger partial charge in [0.25, 0.3) is 0 Å². The Labute approximate surface area is 85.8 Å². The van der Waals surface area contributed by atoms with Gasteiger partial charge in [-0.15, -0.1) is 10.2 Å². The van der Waals surface area contributed by atoms with Crippen molar-refractivity contribution >= 4 is 17.7 Å². The number of thioether (sulfide) groups is 1. The van der Waals surface area contributed by atoms with E-state index >= 15 is 0 Å². The van der Waals surface area contributed by atoms with Crippen LogP contribution in [0.25, 0.3) is 0 Å². The van der Waals surface area contributed by atoms with Crippen molar-refractivity contribution < 1.29 is 9.53 Å². The van der Waals surface area contributed by atoms with Crippen LogP contribution in [0.1, 0.15) is 19.8 Å². The first kappa shape index (κ1) is 11.0. The molecular weight excluding hydrogens is 204 g/mol. The Morgan fingerprint density at radius 2 is 2.50 bits per heavy atom. The highest BCUT2D eigenvalue weighted by Gasteiger charge is 2.15. The van der Waals surface area contributed by atoms with Gasteiger partial charge in [-0.2, -0.15) is 5.21 Å². The zero-order valence-electron chi connectivity index (χ0n) is 8.06. The number of nitrogens with zero attached hydrogens (tertiary/aromatic N) is 3. The van der Waals surface area contributed by atoms with Gasteiger partial charge < -0.3 is 4.74 Å². The number of methoxy groups -OCH3 is 1. The fourth-order valence-electron chi connectivity index (χ4n) is 0.890. The molecule has 6 nitrogen and oxygen atoms in total. The average molecular weight is 216 g/mol. The highest BCUT2D eigenvalue weighted by atomic mass is 32.2. The van der Waals surface area contributed by atoms with E-state index in [-0.39, 0.29) is 11.2 Å². The Bertz CT molecular complexity index is 277. The van der Waals surface area contributed by atoms with Crippen molar-refractivity contribution in [3.8, 4) is 0 Å². The maximum Gasteiger partial charge on any atom is 0.306 e. The van der Waals surface area contributed by atoms with Gasteiger partial charge in [0, 0.05) is 5.25 Å². The van der Waals surface area contributed by atoms with Crippen molar-refractivity contribution in [3.63, 3.8) is 0 Å². The summed E-state index contributed by atoms with van der Waals surface area (Å²) in [4.78, 5) is 11.0. The molecule has 0 aliphatic heterocycles. The van der Waals surface area contributed by atoms with Crippen LogP contribution in [-0.2, 0) is 9.53 Å². The monoisotopic (exact) mass is 216 g/mol. The molecule has 0 radical (unpaired) electrons. The summed E-state index contributed by atoms with van der Waals surface area (Å²) in [5.41, 5.74) is 0. The summed E-state index contributed by atoms with van der Waals surface area (Å²) in [5.74, 6) is -0.215. The Morgan fingerprint density at radius 3 is 3.00 bits per heavy atom. The minimum Gasteiger partial charge on any atom is -0.469 e. The van der Waals surface area contributed by atoms with Crippen LogP contribution >= 0.6 is 11.8 Å². The molecule has 0 aliphatic carbocycles. The molecule has 0 aromatic carbocycles. The SMILES string of the molecule is CCC(CC(=O)OC)Sc1nn[nH]n1. The molecular formula is C7H12N4O2S. The number of carbonyl (C=O) groups is 1. The number of aromatic amines is 1. The van der Waals surface area contributed by atoms with Crippen LogP contribution in [0.4, 0.5) is 0 Å². The number of hydrogen-bond acceptors (Lipinski definition) is 6. The molecule has 1 heterocycles. The molecule has 1 aromatic rings. The summed E-state index contributed by atoms with van der Waals surface area (Å²) in [7, 11) is 1.38. The highest BCUT2D eigenvalue weighted by Crippen LogP contribution is 2.23. The van der Waals surface area contributed by atoms with E-state index in [0.29, 0.717) is 11.6 Å². The molecule has 0 saturated carbocycles. The molecule has 1 aromatic heterocycles. The molecule has 0 aliphatic rings. The Kier molecular flexibility index (Phi) is 4.37. The molecule has 1 rings (SSSR count). The predicted molar refractivity (Wildman–Crippen MR) is 50.7 cm³/mol. The zero-order chi connectivity index (χ0) is 10.4. The van der Waals surface area contributed by atoms with Crippen LogP contribution in [0.15, 0.2) is 5.16 Å². The van der Waals surface area contributed by atoms with E-state index in [1.165, 1.54) is 18.9 Å². The van der Waals surface area contributed by atoms with Crippen molar-refractivity contribution in [2.45, 2.75) is 30.2 Å². The zero-order valence-corrected chi connectivity index (χ0v) is 8.87. The van der Waals surface area contributed by atoms with Crippen LogP contribution in [0.3, 0.4) is 0 Å². The van der Waals surface area contributed by atoms with Crippen molar-refractivity contribution in [2.75, 3.05) is 7.11 Å². The number of esters is 1. The second-order valence-corrected chi connectivity index (χ2v) is 3.89. The molecule has 14 heavy (non-hydrogen) atoms. The predicted octanol–water partition coefficient (Wildman–Crippen LogP) is 0.633. The first-order chi connectivity index (χ1) is 6.76. The van der Waals surface area contributed by atoms with E-state index in [4.69, 9.17) is 0 Å². The van der Waals surface area contributed by atoms with Crippen LogP contribution in [0, 0.1) is 0 Å². The first-order valence-corrected chi connectivity index (χ1v) is 5.11. The minimum atomic E-state index is -0.215. The molecule has 0 amide bonds. The first-order valence-electron chi connectivity index (χ1n) is 4.23. The van der Waals surface area contributed by atoms with Crippen LogP contribution in [0.2, 0.25) is 0 Å². The summed E-state index contributed by atoms with van der Waals surface area (Å²) in [6.07, 6.45) is 1.22. The summed E-state index contributed by atoms with van der Waals surface area (Å²) < 4.78 is 4.59.